The SMILES string of the molecule is CC(C)N.CCCCOCC1CO1.FB(F)F. The van der Waals surface area contributed by atoms with Crippen LogP contribution in [0.1, 0.15) is 33.6 Å². The van der Waals surface area contributed by atoms with Gasteiger partial charge in [-0.2, -0.15) is 0 Å². The first kappa shape index (κ1) is 19.1. The summed E-state index contributed by atoms with van der Waals surface area (Å²) in [5.74, 6) is 0. The van der Waals surface area contributed by atoms with Crippen LogP contribution >= 0.6 is 0 Å². The van der Waals surface area contributed by atoms with Crippen LogP contribution in [0.25, 0.3) is 0 Å². The number of halogens is 3. The van der Waals surface area contributed by atoms with Crippen LogP contribution in [-0.2, 0) is 9.47 Å². The van der Waals surface area contributed by atoms with Crippen LogP contribution in [0, 0.1) is 0 Å². The summed E-state index contributed by atoms with van der Waals surface area (Å²) in [4.78, 5) is 0. The molecule has 3 nitrogen and oxygen atoms in total. The molecule has 0 aromatic heterocycles. The van der Waals surface area contributed by atoms with E-state index in [4.69, 9.17) is 15.2 Å². The van der Waals surface area contributed by atoms with Gasteiger partial charge in [-0.1, -0.05) is 27.2 Å². The molecule has 104 valence electrons. The quantitative estimate of drug-likeness (QED) is 0.467. The highest BCUT2D eigenvalue weighted by Gasteiger charge is 2.21. The van der Waals surface area contributed by atoms with E-state index in [-0.39, 0.29) is 0 Å². The Morgan fingerprint density at radius 1 is 1.41 bits per heavy atom. The number of hydrogen-bond donors (Lipinski definition) is 1. The van der Waals surface area contributed by atoms with Crippen molar-refractivity contribution in [3.63, 3.8) is 0 Å². The van der Waals surface area contributed by atoms with Gasteiger partial charge >= 0.3 is 7.54 Å². The molecule has 17 heavy (non-hydrogen) atoms. The van der Waals surface area contributed by atoms with Crippen molar-refractivity contribution in [2.75, 3.05) is 19.8 Å². The zero-order chi connectivity index (χ0) is 13.7. The highest BCUT2D eigenvalue weighted by atomic mass is 19.4. The first-order valence-electron chi connectivity index (χ1n) is 5.77. The number of rotatable bonds is 5. The van der Waals surface area contributed by atoms with E-state index in [1.54, 1.807) is 0 Å². The predicted molar refractivity (Wildman–Crippen MR) is 63.9 cm³/mol. The average Bonchev–Trinajstić information content (AvgIpc) is 2.94. The van der Waals surface area contributed by atoms with Crippen molar-refractivity contribution in [2.45, 2.75) is 45.8 Å². The lowest BCUT2D eigenvalue weighted by Crippen LogP contribution is -2.06. The first-order valence-corrected chi connectivity index (χ1v) is 5.77. The van der Waals surface area contributed by atoms with Crippen LogP contribution in [0.5, 0.6) is 0 Å². The van der Waals surface area contributed by atoms with Gasteiger partial charge in [-0.05, 0) is 12.5 Å². The van der Waals surface area contributed by atoms with Gasteiger partial charge in [0.05, 0.1) is 13.2 Å². The van der Waals surface area contributed by atoms with Gasteiger partial charge in [0.1, 0.15) is 6.10 Å². The molecule has 0 aliphatic carbocycles. The summed E-state index contributed by atoms with van der Waals surface area (Å²) < 4.78 is 39.2. The van der Waals surface area contributed by atoms with E-state index in [1.807, 2.05) is 13.8 Å². The van der Waals surface area contributed by atoms with E-state index in [9.17, 15) is 12.9 Å². The fraction of sp³-hybridized carbons (Fsp3) is 1.00. The number of hydrogen-bond acceptors (Lipinski definition) is 3. The van der Waals surface area contributed by atoms with Crippen molar-refractivity contribution in [3.05, 3.63) is 0 Å². The number of ether oxygens (including phenoxy) is 2. The fourth-order valence-corrected chi connectivity index (χ4v) is 0.625. The maximum absolute atomic E-state index is 9.67. The molecule has 1 unspecified atom stereocenters. The van der Waals surface area contributed by atoms with Crippen molar-refractivity contribution < 1.29 is 22.4 Å². The van der Waals surface area contributed by atoms with Gasteiger partial charge in [0, 0.05) is 6.61 Å². The molecule has 0 radical (unpaired) electrons. The summed E-state index contributed by atoms with van der Waals surface area (Å²) in [6.45, 7) is 8.67. The van der Waals surface area contributed by atoms with E-state index < -0.39 is 7.54 Å². The number of unbranched alkanes of at least 4 members (excludes halogenated alkanes) is 1. The molecule has 7 heteroatoms. The summed E-state index contributed by atoms with van der Waals surface area (Å²) in [5.41, 5.74) is 5.11. The van der Waals surface area contributed by atoms with Crippen molar-refractivity contribution in [3.8, 4) is 0 Å². The van der Waals surface area contributed by atoms with E-state index in [0.29, 0.717) is 12.1 Å². The second-order valence-electron chi connectivity index (χ2n) is 3.88. The molecule has 1 atom stereocenters. The molecular formula is C10H23BF3NO2. The van der Waals surface area contributed by atoms with E-state index in [1.165, 1.54) is 12.8 Å². The monoisotopic (exact) mass is 257 g/mol. The Hall–Kier alpha value is -0.265. The van der Waals surface area contributed by atoms with Crippen molar-refractivity contribution >= 4 is 7.54 Å². The third-order valence-corrected chi connectivity index (χ3v) is 1.35. The van der Waals surface area contributed by atoms with Gasteiger partial charge in [-0.3, -0.25) is 12.9 Å². The molecule has 1 saturated heterocycles. The van der Waals surface area contributed by atoms with Gasteiger partial charge in [0.2, 0.25) is 0 Å². The Kier molecular flexibility index (Phi) is 15.5. The lowest BCUT2D eigenvalue weighted by Gasteiger charge is -1.97. The molecule has 1 heterocycles. The first-order chi connectivity index (χ1) is 7.90. The van der Waals surface area contributed by atoms with E-state index in [2.05, 4.69) is 6.92 Å². The Balaban J connectivity index is 0. The molecule has 1 fully saturated rings. The third-order valence-electron chi connectivity index (χ3n) is 1.35. The van der Waals surface area contributed by atoms with Crippen LogP contribution in [0.2, 0.25) is 0 Å². The minimum absolute atomic E-state index is 0.333. The van der Waals surface area contributed by atoms with Crippen molar-refractivity contribution in [1.29, 1.82) is 0 Å². The second kappa shape index (κ2) is 13.8. The highest BCUT2D eigenvalue weighted by Crippen LogP contribution is 2.08. The fourth-order valence-electron chi connectivity index (χ4n) is 0.625. The van der Waals surface area contributed by atoms with Gasteiger partial charge in [-0.25, -0.2) is 0 Å². The second-order valence-corrected chi connectivity index (χ2v) is 3.88. The maximum Gasteiger partial charge on any atom is 0.762 e. The van der Waals surface area contributed by atoms with Gasteiger partial charge in [-0.15, -0.1) is 0 Å². The number of epoxide rings is 1. The molecule has 2 N–H and O–H groups in total. The lowest BCUT2D eigenvalue weighted by molar-refractivity contribution is 0.114. The zero-order valence-electron chi connectivity index (χ0n) is 10.8. The Labute approximate surface area is 102 Å². The molecule has 0 amide bonds. The van der Waals surface area contributed by atoms with Crippen LogP contribution < -0.4 is 5.73 Å². The van der Waals surface area contributed by atoms with Gasteiger partial charge in [0.15, 0.2) is 0 Å². The molecule has 0 aromatic carbocycles. The van der Waals surface area contributed by atoms with Crippen molar-refractivity contribution in [2.24, 2.45) is 5.73 Å². The van der Waals surface area contributed by atoms with Crippen LogP contribution in [-0.4, -0.2) is 39.5 Å². The van der Waals surface area contributed by atoms with E-state index in [0.717, 1.165) is 19.8 Å². The summed E-state index contributed by atoms with van der Waals surface area (Å²) in [6, 6.07) is 0.333. The molecule has 0 aromatic rings. The molecule has 0 bridgehead atoms. The molecule has 0 saturated carbocycles. The normalized spacial score (nSPS) is 16.6. The van der Waals surface area contributed by atoms with Crippen LogP contribution in [0.4, 0.5) is 12.9 Å². The predicted octanol–water partition coefficient (Wildman–Crippen LogP) is 2.44. The number of nitrogens with two attached hydrogens (primary N) is 1. The smallest absolute Gasteiger partial charge is 0.379 e. The summed E-state index contributed by atoms with van der Waals surface area (Å²) >= 11 is 0. The zero-order valence-corrected chi connectivity index (χ0v) is 10.8. The molecule has 1 rings (SSSR count). The van der Waals surface area contributed by atoms with Crippen LogP contribution in [0.15, 0.2) is 0 Å². The van der Waals surface area contributed by atoms with Crippen molar-refractivity contribution in [1.82, 2.24) is 0 Å². The molecular weight excluding hydrogens is 234 g/mol. The largest absolute Gasteiger partial charge is 0.762 e. The van der Waals surface area contributed by atoms with Gasteiger partial charge in [0.25, 0.3) is 0 Å². The summed E-state index contributed by atoms with van der Waals surface area (Å²) in [7, 11) is -3.67. The lowest BCUT2D eigenvalue weighted by atomic mass is 10.4. The van der Waals surface area contributed by atoms with Gasteiger partial charge < -0.3 is 15.2 Å². The molecule has 1 aliphatic rings. The Morgan fingerprint density at radius 2 is 1.82 bits per heavy atom. The molecule has 1 aliphatic heterocycles. The summed E-state index contributed by atoms with van der Waals surface area (Å²) in [6.07, 6.45) is 2.82. The minimum Gasteiger partial charge on any atom is -0.379 e. The standard InChI is InChI=1S/C7H14O2.C3H9N.BF3/c1-2-3-4-8-5-7-6-9-7;1-3(2)4;2-1(3)4/h7H,2-6H2,1H3;3H,4H2,1-2H3;. The topological polar surface area (TPSA) is 47.8 Å². The van der Waals surface area contributed by atoms with E-state index >= 15 is 0 Å². The summed E-state index contributed by atoms with van der Waals surface area (Å²) in [5, 5.41) is 0. The maximum atomic E-state index is 9.67. The highest BCUT2D eigenvalue weighted by molar-refractivity contribution is 6.33. The molecule has 0 spiro atoms. The van der Waals surface area contributed by atoms with Crippen LogP contribution in [0.3, 0.4) is 0 Å². The average molecular weight is 257 g/mol. The third kappa shape index (κ3) is 38.9. The Bertz CT molecular complexity index is 138. The Morgan fingerprint density at radius 3 is 2.12 bits per heavy atom. The minimum atomic E-state index is -3.67.